The van der Waals surface area contributed by atoms with Crippen LogP contribution in [0.25, 0.3) is 0 Å². The molecule has 0 spiro atoms. The summed E-state index contributed by atoms with van der Waals surface area (Å²) < 4.78 is 23.9. The number of rotatable bonds is 15. The molecule has 0 radical (unpaired) electrons. The van der Waals surface area contributed by atoms with Gasteiger partial charge in [0.2, 0.25) is 5.16 Å². The second-order valence-electron chi connectivity index (χ2n) is 12.2. The first-order valence-electron chi connectivity index (χ1n) is 17.0. The molecule has 4 aromatic carbocycles. The lowest BCUT2D eigenvalue weighted by Crippen LogP contribution is -2.73. The molecule has 14 heteroatoms. The van der Waals surface area contributed by atoms with Crippen molar-refractivity contribution in [3.05, 3.63) is 149 Å². The van der Waals surface area contributed by atoms with E-state index >= 15 is 0 Å². The van der Waals surface area contributed by atoms with Crippen LogP contribution < -0.4 is 10.1 Å². The molecule has 3 heterocycles. The molecule has 1 unspecified atom stereocenters. The number of aromatic amines is 1. The summed E-state index contributed by atoms with van der Waals surface area (Å²) in [6, 6.07) is 33.9. The second-order valence-corrected chi connectivity index (χ2v) is 13.4. The van der Waals surface area contributed by atoms with Crippen LogP contribution in [0.5, 0.6) is 5.75 Å². The Morgan fingerprint density at radius 3 is 2.23 bits per heavy atom. The summed E-state index contributed by atoms with van der Waals surface area (Å²) in [6.07, 6.45) is -1.32. The minimum atomic E-state index is -1.01. The van der Waals surface area contributed by atoms with Crippen molar-refractivity contribution >= 4 is 29.5 Å². The number of β-lactam (4-membered cyclic amide) rings is 1. The number of H-pyrrole nitrogens is 1. The van der Waals surface area contributed by atoms with Gasteiger partial charge in [-0.2, -0.15) is 5.21 Å². The number of hydrogen-bond donors (Lipinski definition) is 2. The highest BCUT2D eigenvalue weighted by Gasteiger charge is 2.56. The first-order valence-corrected chi connectivity index (χ1v) is 17.8. The van der Waals surface area contributed by atoms with Crippen LogP contribution in [0.1, 0.15) is 39.6 Å². The predicted octanol–water partition coefficient (Wildman–Crippen LogP) is 4.86. The van der Waals surface area contributed by atoms with E-state index in [0.29, 0.717) is 29.3 Å². The number of carbonyl (C=O) groups is 3. The number of nitrogens with one attached hydrogen (secondary N) is 2. The predicted molar refractivity (Wildman–Crippen MR) is 193 cm³/mol. The maximum atomic E-state index is 14.6. The molecular weight excluding hydrogens is 697 g/mol. The Bertz CT molecular complexity index is 1990. The van der Waals surface area contributed by atoms with E-state index in [4.69, 9.17) is 18.9 Å². The summed E-state index contributed by atoms with van der Waals surface area (Å²) in [4.78, 5) is 42.9. The van der Waals surface area contributed by atoms with Crippen LogP contribution in [0.3, 0.4) is 0 Å². The SMILES string of the molecule is COc1ccc(COCCC(Sc2nn[nH]n2)C2=C(C(=O)OC(c3ccccc3)c3ccccc3)N3C(=O)[C@H](NC(=O)c4ccccc4)[C@H]3OC2)cc1. The van der Waals surface area contributed by atoms with Crippen LogP contribution in [0.2, 0.25) is 0 Å². The minimum Gasteiger partial charge on any atom is -0.497 e. The van der Waals surface area contributed by atoms with Gasteiger partial charge in [0.25, 0.3) is 11.8 Å². The highest BCUT2D eigenvalue weighted by atomic mass is 32.2. The zero-order valence-corrected chi connectivity index (χ0v) is 29.5. The first-order chi connectivity index (χ1) is 26.0. The molecule has 1 saturated heterocycles. The Kier molecular flexibility index (Phi) is 11.2. The molecular formula is C39H36N6O7S. The van der Waals surface area contributed by atoms with Gasteiger partial charge in [-0.1, -0.05) is 103 Å². The molecule has 2 aliphatic rings. The topological polar surface area (TPSA) is 158 Å². The summed E-state index contributed by atoms with van der Waals surface area (Å²) in [6.45, 7) is 0.600. The lowest BCUT2D eigenvalue weighted by molar-refractivity contribution is -0.184. The zero-order valence-electron chi connectivity index (χ0n) is 28.7. The fourth-order valence-corrected chi connectivity index (χ4v) is 7.15. The average Bonchev–Trinajstić information content (AvgIpc) is 3.74. The molecule has 0 bridgehead atoms. The van der Waals surface area contributed by atoms with Crippen molar-refractivity contribution in [2.45, 2.75) is 41.8 Å². The number of benzene rings is 4. The number of esters is 1. The van der Waals surface area contributed by atoms with Gasteiger partial charge in [-0.05, 0) is 52.6 Å². The van der Waals surface area contributed by atoms with Crippen molar-refractivity contribution in [3.8, 4) is 5.75 Å². The van der Waals surface area contributed by atoms with E-state index in [1.54, 1.807) is 37.4 Å². The van der Waals surface area contributed by atoms with Crippen molar-refractivity contribution < 1.29 is 33.3 Å². The monoisotopic (exact) mass is 732 g/mol. The summed E-state index contributed by atoms with van der Waals surface area (Å²) in [7, 11) is 1.61. The van der Waals surface area contributed by atoms with Crippen LogP contribution in [0.15, 0.2) is 132 Å². The van der Waals surface area contributed by atoms with E-state index in [1.807, 2.05) is 84.9 Å². The van der Waals surface area contributed by atoms with Crippen molar-refractivity contribution in [2.24, 2.45) is 0 Å². The fraction of sp³-hybridized carbons (Fsp3) is 0.231. The van der Waals surface area contributed by atoms with Crippen molar-refractivity contribution in [3.63, 3.8) is 0 Å². The number of amides is 2. The van der Waals surface area contributed by atoms with E-state index in [-0.39, 0.29) is 18.9 Å². The molecule has 13 nitrogen and oxygen atoms in total. The molecule has 0 aliphatic carbocycles. The lowest BCUT2D eigenvalue weighted by Gasteiger charge is -2.50. The van der Waals surface area contributed by atoms with Crippen LogP contribution in [-0.2, 0) is 30.4 Å². The van der Waals surface area contributed by atoms with Gasteiger partial charge < -0.3 is 24.3 Å². The Morgan fingerprint density at radius 2 is 1.60 bits per heavy atom. The normalized spacial score (nSPS) is 17.2. The smallest absolute Gasteiger partial charge is 0.356 e. The van der Waals surface area contributed by atoms with E-state index in [1.165, 1.54) is 16.7 Å². The molecule has 2 amide bonds. The third kappa shape index (κ3) is 8.14. The second kappa shape index (κ2) is 16.7. The number of hydrogen-bond acceptors (Lipinski definition) is 11. The molecule has 1 fully saturated rings. The first kappa shape index (κ1) is 35.6. The van der Waals surface area contributed by atoms with Crippen molar-refractivity contribution in [1.82, 2.24) is 30.8 Å². The highest BCUT2D eigenvalue weighted by molar-refractivity contribution is 8.00. The highest BCUT2D eigenvalue weighted by Crippen LogP contribution is 2.40. The van der Waals surface area contributed by atoms with Crippen LogP contribution in [-0.4, -0.2) is 81.2 Å². The van der Waals surface area contributed by atoms with E-state index in [2.05, 4.69) is 25.9 Å². The fourth-order valence-electron chi connectivity index (χ4n) is 6.18. The standard InChI is InChI=1S/C39H36N6O7S/c1-49-29-19-17-25(18-20-29)23-50-22-21-31(53-39-41-43-44-42-39)30-24-51-37-32(40-35(46)28-15-9-4-10-16-28)36(47)45(37)33(30)38(48)52-34(26-11-5-2-6-12-26)27-13-7-3-8-14-27/h2-20,31-32,34,37H,21-24H2,1H3,(H,40,46)(H,41,42,43,44)/t31?,32-,37+/m0/s1. The Labute approximate surface area is 309 Å². The number of tetrazole rings is 1. The third-order valence-corrected chi connectivity index (χ3v) is 10.0. The maximum absolute atomic E-state index is 14.6. The maximum Gasteiger partial charge on any atom is 0.356 e. The molecule has 270 valence electrons. The van der Waals surface area contributed by atoms with E-state index < -0.39 is 41.4 Å². The molecule has 2 aliphatic heterocycles. The molecule has 0 saturated carbocycles. The summed E-state index contributed by atoms with van der Waals surface area (Å²) in [5, 5.41) is 17.1. The number of methoxy groups -OCH3 is 1. The largest absolute Gasteiger partial charge is 0.497 e. The lowest BCUT2D eigenvalue weighted by atomic mass is 9.95. The van der Waals surface area contributed by atoms with Gasteiger partial charge in [-0.25, -0.2) is 4.79 Å². The molecule has 5 aromatic rings. The number of carbonyl (C=O) groups excluding carboxylic acids is 3. The number of ether oxygens (including phenoxy) is 4. The van der Waals surface area contributed by atoms with Gasteiger partial charge in [0.05, 0.1) is 20.3 Å². The van der Waals surface area contributed by atoms with Gasteiger partial charge in [0, 0.05) is 23.0 Å². The summed E-state index contributed by atoms with van der Waals surface area (Å²) in [5.74, 6) is -0.904. The summed E-state index contributed by atoms with van der Waals surface area (Å²) >= 11 is 1.26. The third-order valence-electron chi connectivity index (χ3n) is 8.86. The van der Waals surface area contributed by atoms with Gasteiger partial charge in [-0.15, -0.1) is 10.2 Å². The molecule has 2 N–H and O–H groups in total. The Morgan fingerprint density at radius 1 is 0.943 bits per heavy atom. The van der Waals surface area contributed by atoms with Crippen LogP contribution in [0.4, 0.5) is 0 Å². The van der Waals surface area contributed by atoms with Crippen molar-refractivity contribution in [2.75, 3.05) is 20.3 Å². The summed E-state index contributed by atoms with van der Waals surface area (Å²) in [5.41, 5.74) is 3.41. The van der Waals surface area contributed by atoms with Gasteiger partial charge in [0.15, 0.2) is 18.4 Å². The van der Waals surface area contributed by atoms with Crippen LogP contribution >= 0.6 is 11.8 Å². The molecule has 7 rings (SSSR count). The average molecular weight is 733 g/mol. The van der Waals surface area contributed by atoms with Crippen LogP contribution in [0, 0.1) is 0 Å². The molecule has 1 aromatic heterocycles. The van der Waals surface area contributed by atoms with E-state index in [9.17, 15) is 14.4 Å². The quantitative estimate of drug-likeness (QED) is 0.0656. The number of aromatic nitrogens is 4. The number of nitrogens with zero attached hydrogens (tertiary/aromatic N) is 4. The van der Waals surface area contributed by atoms with Gasteiger partial charge in [-0.3, -0.25) is 14.5 Å². The number of fused-ring (bicyclic) bond motifs is 1. The minimum absolute atomic E-state index is 0.0358. The van der Waals surface area contributed by atoms with Crippen molar-refractivity contribution in [1.29, 1.82) is 0 Å². The van der Waals surface area contributed by atoms with E-state index in [0.717, 1.165) is 22.4 Å². The molecule has 3 atom stereocenters. The van der Waals surface area contributed by atoms with Gasteiger partial charge >= 0.3 is 5.97 Å². The Hall–Kier alpha value is -5.83. The zero-order chi connectivity index (χ0) is 36.6. The van der Waals surface area contributed by atoms with Gasteiger partial charge in [0.1, 0.15) is 11.4 Å². The molecule has 53 heavy (non-hydrogen) atoms. The Balaban J connectivity index is 1.20. The number of thioether (sulfide) groups is 1.